The van der Waals surface area contributed by atoms with Crippen molar-refractivity contribution >= 4 is 29.1 Å². The lowest BCUT2D eigenvalue weighted by atomic mass is 10.1. The Labute approximate surface area is 164 Å². The van der Waals surface area contributed by atoms with Gasteiger partial charge in [-0.05, 0) is 48.4 Å². The standard InChI is InChI=1S/C20H24ClN3O3/c1-24(14-20(26)23-17-7-9-18(27-2)10-8-17)13-19(25)22-12-11-15-3-5-16(21)6-4-15/h3-10H,11-14H2,1-2H3,(H,22,25)(H,23,26)/p+1. The van der Waals surface area contributed by atoms with Gasteiger partial charge in [-0.3, -0.25) is 9.59 Å². The summed E-state index contributed by atoms with van der Waals surface area (Å²) >= 11 is 5.85. The minimum atomic E-state index is -0.147. The fourth-order valence-electron chi connectivity index (χ4n) is 2.55. The van der Waals surface area contributed by atoms with Crippen LogP contribution in [0.4, 0.5) is 5.69 Å². The second-order valence-corrected chi connectivity index (χ2v) is 6.75. The van der Waals surface area contributed by atoms with Gasteiger partial charge < -0.3 is 20.3 Å². The summed E-state index contributed by atoms with van der Waals surface area (Å²) in [6.45, 7) is 0.985. The SMILES string of the molecule is COc1ccc(NC(=O)C[NH+](C)CC(=O)NCCc2ccc(Cl)cc2)cc1. The first-order valence-electron chi connectivity index (χ1n) is 8.72. The van der Waals surface area contributed by atoms with Crippen LogP contribution >= 0.6 is 11.6 Å². The zero-order chi connectivity index (χ0) is 19.6. The van der Waals surface area contributed by atoms with E-state index in [1.165, 1.54) is 0 Å². The van der Waals surface area contributed by atoms with Gasteiger partial charge in [-0.25, -0.2) is 0 Å². The Balaban J connectivity index is 1.67. The van der Waals surface area contributed by atoms with Crippen LogP contribution in [0.25, 0.3) is 0 Å². The normalized spacial score (nSPS) is 11.5. The van der Waals surface area contributed by atoms with E-state index in [0.29, 0.717) is 17.3 Å². The molecule has 0 spiro atoms. The number of nitrogens with one attached hydrogen (secondary N) is 3. The van der Waals surface area contributed by atoms with Crippen molar-refractivity contribution in [3.05, 3.63) is 59.1 Å². The summed E-state index contributed by atoms with van der Waals surface area (Å²) in [6, 6.07) is 14.6. The number of likely N-dealkylation sites (N-methyl/N-ethyl adjacent to an activating group) is 1. The van der Waals surface area contributed by atoms with E-state index in [1.807, 2.05) is 31.3 Å². The van der Waals surface area contributed by atoms with Crippen LogP contribution in [-0.4, -0.2) is 45.6 Å². The van der Waals surface area contributed by atoms with Crippen LogP contribution in [0.5, 0.6) is 5.75 Å². The number of carbonyl (C=O) groups excluding carboxylic acids is 2. The highest BCUT2D eigenvalue weighted by atomic mass is 35.5. The summed E-state index contributed by atoms with van der Waals surface area (Å²) in [4.78, 5) is 24.9. The highest BCUT2D eigenvalue weighted by Crippen LogP contribution is 2.14. The van der Waals surface area contributed by atoms with Gasteiger partial charge in [-0.1, -0.05) is 23.7 Å². The Morgan fingerprint density at radius 2 is 1.63 bits per heavy atom. The highest BCUT2D eigenvalue weighted by molar-refractivity contribution is 6.30. The topological polar surface area (TPSA) is 71.9 Å². The predicted molar refractivity (Wildman–Crippen MR) is 106 cm³/mol. The molecule has 1 atom stereocenters. The monoisotopic (exact) mass is 390 g/mol. The molecule has 0 bridgehead atoms. The number of rotatable bonds is 9. The molecule has 2 amide bonds. The lowest BCUT2D eigenvalue weighted by molar-refractivity contribution is -0.862. The van der Waals surface area contributed by atoms with E-state index in [0.717, 1.165) is 22.6 Å². The van der Waals surface area contributed by atoms with Gasteiger partial charge in [0, 0.05) is 17.3 Å². The van der Waals surface area contributed by atoms with E-state index in [1.54, 1.807) is 31.4 Å². The van der Waals surface area contributed by atoms with Crippen LogP contribution in [0, 0.1) is 0 Å². The molecule has 0 aliphatic heterocycles. The van der Waals surface area contributed by atoms with Crippen molar-refractivity contribution in [2.24, 2.45) is 0 Å². The maximum atomic E-state index is 12.1. The van der Waals surface area contributed by atoms with E-state index < -0.39 is 0 Å². The molecular formula is C20H25ClN3O3+. The van der Waals surface area contributed by atoms with E-state index >= 15 is 0 Å². The molecule has 0 saturated carbocycles. The first-order chi connectivity index (χ1) is 13.0. The van der Waals surface area contributed by atoms with Crippen LogP contribution in [0.2, 0.25) is 5.02 Å². The zero-order valence-corrected chi connectivity index (χ0v) is 16.3. The van der Waals surface area contributed by atoms with Crippen molar-refractivity contribution in [3.8, 4) is 5.75 Å². The molecule has 27 heavy (non-hydrogen) atoms. The van der Waals surface area contributed by atoms with Gasteiger partial charge in [0.15, 0.2) is 13.1 Å². The fourth-order valence-corrected chi connectivity index (χ4v) is 2.68. The molecule has 144 valence electrons. The molecule has 2 aromatic rings. The minimum Gasteiger partial charge on any atom is -0.497 e. The van der Waals surface area contributed by atoms with Gasteiger partial charge in [-0.15, -0.1) is 0 Å². The Kier molecular flexibility index (Phi) is 8.10. The largest absolute Gasteiger partial charge is 0.497 e. The summed E-state index contributed by atoms with van der Waals surface area (Å²) < 4.78 is 5.08. The third-order valence-electron chi connectivity index (χ3n) is 3.95. The smallest absolute Gasteiger partial charge is 0.279 e. The fraction of sp³-hybridized carbons (Fsp3) is 0.300. The van der Waals surface area contributed by atoms with Crippen molar-refractivity contribution in [1.82, 2.24) is 5.32 Å². The van der Waals surface area contributed by atoms with Gasteiger partial charge in [-0.2, -0.15) is 0 Å². The molecule has 6 nitrogen and oxygen atoms in total. The second-order valence-electron chi connectivity index (χ2n) is 6.31. The molecule has 2 rings (SSSR count). The average molecular weight is 391 g/mol. The molecule has 3 N–H and O–H groups in total. The van der Waals surface area contributed by atoms with Crippen LogP contribution in [0.1, 0.15) is 5.56 Å². The van der Waals surface area contributed by atoms with Gasteiger partial charge >= 0.3 is 0 Å². The Hall–Kier alpha value is -2.57. The third kappa shape index (κ3) is 7.68. The highest BCUT2D eigenvalue weighted by Gasteiger charge is 2.14. The maximum absolute atomic E-state index is 12.1. The molecule has 0 heterocycles. The van der Waals surface area contributed by atoms with E-state index in [9.17, 15) is 9.59 Å². The van der Waals surface area contributed by atoms with E-state index in [4.69, 9.17) is 16.3 Å². The van der Waals surface area contributed by atoms with Crippen molar-refractivity contribution in [2.75, 3.05) is 39.1 Å². The van der Waals surface area contributed by atoms with Gasteiger partial charge in [0.25, 0.3) is 11.8 Å². The molecular weight excluding hydrogens is 366 g/mol. The summed E-state index contributed by atoms with van der Waals surface area (Å²) in [5.41, 5.74) is 1.81. The Morgan fingerprint density at radius 1 is 1.00 bits per heavy atom. The molecule has 7 heteroatoms. The lowest BCUT2D eigenvalue weighted by Crippen LogP contribution is -3.11. The maximum Gasteiger partial charge on any atom is 0.279 e. The number of hydrogen-bond acceptors (Lipinski definition) is 3. The van der Waals surface area contributed by atoms with Crippen molar-refractivity contribution in [3.63, 3.8) is 0 Å². The van der Waals surface area contributed by atoms with Crippen LogP contribution in [0.15, 0.2) is 48.5 Å². The molecule has 0 fully saturated rings. The molecule has 0 aromatic heterocycles. The number of carbonyl (C=O) groups is 2. The zero-order valence-electron chi connectivity index (χ0n) is 15.5. The van der Waals surface area contributed by atoms with Gasteiger partial charge in [0.05, 0.1) is 14.2 Å². The molecule has 0 aliphatic carbocycles. The Morgan fingerprint density at radius 3 is 2.26 bits per heavy atom. The summed E-state index contributed by atoms with van der Waals surface area (Å²) in [5, 5.41) is 6.38. The predicted octanol–water partition coefficient (Wildman–Crippen LogP) is 1.16. The van der Waals surface area contributed by atoms with Crippen LogP contribution in [-0.2, 0) is 16.0 Å². The summed E-state index contributed by atoms with van der Waals surface area (Å²) in [6.07, 6.45) is 0.736. The molecule has 0 saturated heterocycles. The number of amides is 2. The first kappa shape index (κ1) is 20.7. The molecule has 2 aromatic carbocycles. The molecule has 0 aliphatic rings. The van der Waals surface area contributed by atoms with E-state index in [-0.39, 0.29) is 24.9 Å². The number of hydrogen-bond donors (Lipinski definition) is 3. The van der Waals surface area contributed by atoms with Crippen molar-refractivity contribution in [2.45, 2.75) is 6.42 Å². The number of ether oxygens (including phenoxy) is 1. The van der Waals surface area contributed by atoms with Crippen molar-refractivity contribution < 1.29 is 19.2 Å². The average Bonchev–Trinajstić information content (AvgIpc) is 2.63. The Bertz CT molecular complexity index is 748. The minimum absolute atomic E-state index is 0.0845. The summed E-state index contributed by atoms with van der Waals surface area (Å²) in [5.74, 6) is 0.497. The quantitative estimate of drug-likeness (QED) is 0.601. The van der Waals surface area contributed by atoms with Gasteiger partial charge in [0.2, 0.25) is 0 Å². The number of methoxy groups -OCH3 is 1. The number of quaternary nitrogens is 1. The first-order valence-corrected chi connectivity index (χ1v) is 9.10. The van der Waals surface area contributed by atoms with E-state index in [2.05, 4.69) is 10.6 Å². The van der Waals surface area contributed by atoms with Crippen molar-refractivity contribution in [1.29, 1.82) is 0 Å². The lowest BCUT2D eigenvalue weighted by Gasteiger charge is -2.14. The third-order valence-corrected chi connectivity index (χ3v) is 4.20. The van der Waals surface area contributed by atoms with Crippen LogP contribution < -0.4 is 20.3 Å². The van der Waals surface area contributed by atoms with Crippen LogP contribution in [0.3, 0.4) is 0 Å². The number of benzene rings is 2. The number of anilines is 1. The molecule has 1 unspecified atom stereocenters. The molecule has 0 radical (unpaired) electrons. The number of halogens is 1. The second kappa shape index (κ2) is 10.5. The van der Waals surface area contributed by atoms with Gasteiger partial charge in [0.1, 0.15) is 5.75 Å². The summed E-state index contributed by atoms with van der Waals surface area (Å²) in [7, 11) is 3.40.